The second-order valence-electron chi connectivity index (χ2n) is 4.76. The largest absolute Gasteiger partial charge is 0.383 e. The molecule has 18 heavy (non-hydrogen) atoms. The standard InChI is InChI=1S/C13H23N3OS/c1-4-16(2)13-15-12(10-5-6-10)11(18-13)9-14-7-8-17-3/h10,14H,4-9H2,1-3H3. The van der Waals surface area contributed by atoms with Gasteiger partial charge in [-0.15, -0.1) is 11.3 Å². The molecule has 1 heterocycles. The summed E-state index contributed by atoms with van der Waals surface area (Å²) in [7, 11) is 3.84. The van der Waals surface area contributed by atoms with Crippen LogP contribution in [0, 0.1) is 0 Å². The molecule has 0 bridgehead atoms. The zero-order chi connectivity index (χ0) is 13.0. The predicted molar refractivity (Wildman–Crippen MR) is 76.6 cm³/mol. The molecule has 0 atom stereocenters. The van der Waals surface area contributed by atoms with Gasteiger partial charge in [0.05, 0.1) is 12.3 Å². The van der Waals surface area contributed by atoms with E-state index in [1.807, 2.05) is 11.3 Å². The van der Waals surface area contributed by atoms with Gasteiger partial charge in [0.15, 0.2) is 5.13 Å². The monoisotopic (exact) mass is 269 g/mol. The highest BCUT2D eigenvalue weighted by Crippen LogP contribution is 2.44. The van der Waals surface area contributed by atoms with E-state index in [1.165, 1.54) is 23.4 Å². The molecule has 1 saturated carbocycles. The van der Waals surface area contributed by atoms with E-state index in [0.29, 0.717) is 0 Å². The van der Waals surface area contributed by atoms with E-state index < -0.39 is 0 Å². The molecule has 1 N–H and O–H groups in total. The van der Waals surface area contributed by atoms with E-state index in [9.17, 15) is 0 Å². The third-order valence-corrected chi connectivity index (χ3v) is 4.44. The molecule has 1 aromatic heterocycles. The SMILES string of the molecule is CCN(C)c1nc(C2CC2)c(CNCCOC)s1. The molecule has 0 amide bonds. The van der Waals surface area contributed by atoms with Crippen molar-refractivity contribution in [3.63, 3.8) is 0 Å². The maximum absolute atomic E-state index is 5.05. The first-order valence-electron chi connectivity index (χ1n) is 6.66. The number of methoxy groups -OCH3 is 1. The van der Waals surface area contributed by atoms with Gasteiger partial charge in [-0.3, -0.25) is 0 Å². The summed E-state index contributed by atoms with van der Waals surface area (Å²) in [5.41, 5.74) is 1.33. The van der Waals surface area contributed by atoms with Crippen molar-refractivity contribution >= 4 is 16.5 Å². The van der Waals surface area contributed by atoms with Gasteiger partial charge >= 0.3 is 0 Å². The minimum Gasteiger partial charge on any atom is -0.383 e. The molecule has 0 aliphatic heterocycles. The van der Waals surface area contributed by atoms with E-state index in [0.717, 1.165) is 37.3 Å². The van der Waals surface area contributed by atoms with Crippen LogP contribution in [0.25, 0.3) is 0 Å². The number of ether oxygens (including phenoxy) is 1. The smallest absolute Gasteiger partial charge is 0.185 e. The minimum atomic E-state index is 0.722. The third kappa shape index (κ3) is 3.43. The van der Waals surface area contributed by atoms with Gasteiger partial charge in [0.25, 0.3) is 0 Å². The molecule has 0 radical (unpaired) electrons. The first-order valence-corrected chi connectivity index (χ1v) is 7.48. The van der Waals surface area contributed by atoms with E-state index in [4.69, 9.17) is 9.72 Å². The number of anilines is 1. The highest BCUT2D eigenvalue weighted by atomic mass is 32.1. The van der Waals surface area contributed by atoms with Crippen LogP contribution in [0.2, 0.25) is 0 Å². The lowest BCUT2D eigenvalue weighted by molar-refractivity contribution is 0.199. The maximum atomic E-state index is 5.05. The van der Waals surface area contributed by atoms with Gasteiger partial charge in [-0.05, 0) is 19.8 Å². The van der Waals surface area contributed by atoms with Crippen LogP contribution in [-0.2, 0) is 11.3 Å². The number of nitrogens with one attached hydrogen (secondary N) is 1. The Morgan fingerprint density at radius 1 is 1.50 bits per heavy atom. The van der Waals surface area contributed by atoms with Gasteiger partial charge in [-0.1, -0.05) is 0 Å². The second-order valence-corrected chi connectivity index (χ2v) is 5.82. The van der Waals surface area contributed by atoms with Crippen molar-refractivity contribution in [3.05, 3.63) is 10.6 Å². The maximum Gasteiger partial charge on any atom is 0.185 e. The van der Waals surface area contributed by atoms with Crippen LogP contribution in [-0.4, -0.2) is 38.8 Å². The molecule has 1 fully saturated rings. The van der Waals surface area contributed by atoms with E-state index in [1.54, 1.807) is 7.11 Å². The average molecular weight is 269 g/mol. The van der Waals surface area contributed by atoms with Crippen LogP contribution >= 0.6 is 11.3 Å². The van der Waals surface area contributed by atoms with Crippen molar-refractivity contribution < 1.29 is 4.74 Å². The molecule has 102 valence electrons. The first-order chi connectivity index (χ1) is 8.76. The summed E-state index contributed by atoms with van der Waals surface area (Å²) >= 11 is 1.83. The average Bonchev–Trinajstić information content (AvgIpc) is 3.14. The number of hydrogen-bond donors (Lipinski definition) is 1. The van der Waals surface area contributed by atoms with E-state index in [2.05, 4.69) is 24.2 Å². The van der Waals surface area contributed by atoms with Crippen LogP contribution in [0.15, 0.2) is 0 Å². The van der Waals surface area contributed by atoms with E-state index in [-0.39, 0.29) is 0 Å². The molecule has 1 aliphatic rings. The van der Waals surface area contributed by atoms with Crippen LogP contribution < -0.4 is 10.2 Å². The Hall–Kier alpha value is -0.650. The summed E-state index contributed by atoms with van der Waals surface area (Å²) < 4.78 is 5.05. The Balaban J connectivity index is 2.00. The first kappa shape index (κ1) is 13.8. The summed E-state index contributed by atoms with van der Waals surface area (Å²) in [5, 5.41) is 4.58. The van der Waals surface area contributed by atoms with Crippen molar-refractivity contribution in [2.75, 3.05) is 38.8 Å². The molecule has 5 heteroatoms. The van der Waals surface area contributed by atoms with Crippen LogP contribution in [0.1, 0.15) is 36.3 Å². The van der Waals surface area contributed by atoms with Crippen molar-refractivity contribution in [1.29, 1.82) is 0 Å². The quantitative estimate of drug-likeness (QED) is 0.734. The summed E-state index contributed by atoms with van der Waals surface area (Å²) in [5.74, 6) is 0.722. The number of thiazole rings is 1. The highest BCUT2D eigenvalue weighted by Gasteiger charge is 2.29. The molecule has 4 nitrogen and oxygen atoms in total. The number of rotatable bonds is 8. The fourth-order valence-corrected chi connectivity index (χ4v) is 2.97. The second kappa shape index (κ2) is 6.50. The van der Waals surface area contributed by atoms with Gasteiger partial charge in [0.2, 0.25) is 0 Å². The predicted octanol–water partition coefficient (Wildman–Crippen LogP) is 2.21. The van der Waals surface area contributed by atoms with Crippen LogP contribution in [0.3, 0.4) is 0 Å². The summed E-state index contributed by atoms with van der Waals surface area (Å²) in [6, 6.07) is 0. The van der Waals surface area contributed by atoms with Crippen LogP contribution in [0.4, 0.5) is 5.13 Å². The lowest BCUT2D eigenvalue weighted by atomic mass is 10.2. The van der Waals surface area contributed by atoms with Gasteiger partial charge < -0.3 is 15.0 Å². The van der Waals surface area contributed by atoms with Crippen molar-refractivity contribution in [1.82, 2.24) is 10.3 Å². The molecule has 0 unspecified atom stereocenters. The molecule has 1 aromatic rings. The van der Waals surface area contributed by atoms with Gasteiger partial charge in [0.1, 0.15) is 0 Å². The topological polar surface area (TPSA) is 37.4 Å². The molecular weight excluding hydrogens is 246 g/mol. The third-order valence-electron chi connectivity index (χ3n) is 3.25. The molecule has 0 aromatic carbocycles. The van der Waals surface area contributed by atoms with Crippen LogP contribution in [0.5, 0.6) is 0 Å². The fourth-order valence-electron chi connectivity index (χ4n) is 1.83. The summed E-state index contributed by atoms with van der Waals surface area (Å²) in [6.45, 7) is 5.75. The highest BCUT2D eigenvalue weighted by molar-refractivity contribution is 7.15. The van der Waals surface area contributed by atoms with Gasteiger partial charge in [-0.25, -0.2) is 4.98 Å². The Labute approximate surface area is 113 Å². The van der Waals surface area contributed by atoms with Crippen molar-refractivity contribution in [2.24, 2.45) is 0 Å². The Morgan fingerprint density at radius 3 is 2.89 bits per heavy atom. The normalized spacial score (nSPS) is 15.1. The Bertz CT molecular complexity index is 376. The Morgan fingerprint density at radius 2 is 2.28 bits per heavy atom. The van der Waals surface area contributed by atoms with Gasteiger partial charge in [-0.2, -0.15) is 0 Å². The Kier molecular flexibility index (Phi) is 4.97. The zero-order valence-electron chi connectivity index (χ0n) is 11.5. The van der Waals surface area contributed by atoms with Crippen molar-refractivity contribution in [2.45, 2.75) is 32.2 Å². The zero-order valence-corrected chi connectivity index (χ0v) is 12.3. The molecular formula is C13H23N3OS. The minimum absolute atomic E-state index is 0.722. The molecule has 1 aliphatic carbocycles. The van der Waals surface area contributed by atoms with E-state index >= 15 is 0 Å². The summed E-state index contributed by atoms with van der Waals surface area (Å²) in [6.07, 6.45) is 2.62. The molecule has 2 rings (SSSR count). The number of nitrogens with zero attached hydrogens (tertiary/aromatic N) is 2. The number of hydrogen-bond acceptors (Lipinski definition) is 5. The molecule has 0 spiro atoms. The fraction of sp³-hybridized carbons (Fsp3) is 0.769. The number of aromatic nitrogens is 1. The lowest BCUT2D eigenvalue weighted by Gasteiger charge is -2.11. The molecule has 0 saturated heterocycles. The van der Waals surface area contributed by atoms with Crippen molar-refractivity contribution in [3.8, 4) is 0 Å². The lowest BCUT2D eigenvalue weighted by Crippen LogP contribution is -2.18. The van der Waals surface area contributed by atoms with Gasteiger partial charge in [0, 0.05) is 44.6 Å². The summed E-state index contributed by atoms with van der Waals surface area (Å²) in [4.78, 5) is 8.44.